The van der Waals surface area contributed by atoms with E-state index in [1.165, 1.54) is 0 Å². The lowest BCUT2D eigenvalue weighted by molar-refractivity contribution is -0.119. The molecule has 5 rings (SSSR count). The predicted molar refractivity (Wildman–Crippen MR) is 127 cm³/mol. The smallest absolute Gasteiger partial charge is 0.277 e. The van der Waals surface area contributed by atoms with Gasteiger partial charge in [-0.05, 0) is 67.6 Å². The quantitative estimate of drug-likeness (QED) is 0.609. The summed E-state index contributed by atoms with van der Waals surface area (Å²) in [6, 6.07) is -0.417. The molecular weight excluding hydrogens is 434 g/mol. The highest BCUT2D eigenvalue weighted by atomic mass is 16.5. The Kier molecular flexibility index (Phi) is 2.45. The first-order valence-electron chi connectivity index (χ1n) is 18.1. The van der Waals surface area contributed by atoms with Gasteiger partial charge in [0.05, 0.1) is 25.1 Å². The number of carbonyl (C=O) groups is 3. The molecule has 2 aliphatic heterocycles. The van der Waals surface area contributed by atoms with Gasteiger partial charge in [-0.3, -0.25) is 14.4 Å². The van der Waals surface area contributed by atoms with Crippen molar-refractivity contribution >= 4 is 29.1 Å². The van der Waals surface area contributed by atoms with Crippen molar-refractivity contribution in [2.75, 3.05) is 29.8 Å². The zero-order valence-corrected chi connectivity index (χ0v) is 17.0. The number of rotatable bonds is 5. The Morgan fingerprint density at radius 1 is 1.06 bits per heavy atom. The lowest BCUT2D eigenvalue weighted by Crippen LogP contribution is -2.39. The van der Waals surface area contributed by atoms with Crippen LogP contribution in [0.5, 0.6) is 5.75 Å². The number of ether oxygens (including phenoxy) is 1. The summed E-state index contributed by atoms with van der Waals surface area (Å²) in [6.45, 7) is -6.64. The van der Waals surface area contributed by atoms with Crippen molar-refractivity contribution in [1.82, 2.24) is 9.78 Å². The Hall–Kier alpha value is -4.14. The molecule has 0 aliphatic carbocycles. The average molecular weight is 477 g/mol. The van der Waals surface area contributed by atoms with Crippen LogP contribution in [0.4, 0.5) is 11.4 Å². The van der Waals surface area contributed by atoms with Gasteiger partial charge in [-0.2, -0.15) is 5.10 Å². The van der Waals surface area contributed by atoms with Crippen LogP contribution in [0.1, 0.15) is 69.0 Å². The molecule has 0 atom stereocenters. The molecule has 3 aromatic rings. The minimum atomic E-state index is -3.40. The van der Waals surface area contributed by atoms with Crippen molar-refractivity contribution in [2.45, 2.75) is 25.5 Å². The zero-order valence-electron chi connectivity index (χ0n) is 34.0. The summed E-state index contributed by atoms with van der Waals surface area (Å²) in [5.41, 5.74) is 0.729. The second-order valence-electron chi connectivity index (χ2n) is 6.84. The third-order valence-electron chi connectivity index (χ3n) is 4.83. The van der Waals surface area contributed by atoms with E-state index in [1.807, 2.05) is 0 Å². The summed E-state index contributed by atoms with van der Waals surface area (Å²) in [5.74, 6) is -5.09. The van der Waals surface area contributed by atoms with Gasteiger partial charge in [0, 0.05) is 47.3 Å². The molecule has 3 amide bonds. The number of nitrogens with two attached hydrogens (primary N) is 1. The molecule has 0 radical (unpaired) electrons. The highest BCUT2D eigenvalue weighted by molar-refractivity contribution is 6.09. The summed E-state index contributed by atoms with van der Waals surface area (Å²) < 4.78 is 144. The van der Waals surface area contributed by atoms with Crippen molar-refractivity contribution in [3.05, 3.63) is 65.4 Å². The van der Waals surface area contributed by atoms with E-state index in [9.17, 15) is 14.4 Å². The topological polar surface area (TPSA) is 111 Å². The van der Waals surface area contributed by atoms with Gasteiger partial charge >= 0.3 is 0 Å². The van der Waals surface area contributed by atoms with Crippen molar-refractivity contribution in [2.24, 2.45) is 5.73 Å². The number of hydrogen-bond donors (Lipinski definition) is 1. The van der Waals surface area contributed by atoms with E-state index >= 15 is 0 Å². The van der Waals surface area contributed by atoms with Crippen molar-refractivity contribution < 1.29 is 42.4 Å². The molecule has 2 aromatic carbocycles. The van der Waals surface area contributed by atoms with Crippen molar-refractivity contribution in [3.8, 4) is 11.4 Å². The Morgan fingerprint density at radius 2 is 1.76 bits per heavy atom. The van der Waals surface area contributed by atoms with Crippen LogP contribution in [0.15, 0.2) is 48.4 Å². The monoisotopic (exact) mass is 476 g/mol. The molecular formula is C25H25N5O4. The van der Waals surface area contributed by atoms with E-state index in [-0.39, 0.29) is 10.6 Å². The Labute approximate surface area is 220 Å². The first-order valence-corrected chi connectivity index (χ1v) is 9.55. The number of fused-ring (bicyclic) bond motifs is 1. The number of hydrogen-bond acceptors (Lipinski definition) is 5. The molecule has 0 unspecified atom stereocenters. The SMILES string of the molecule is [2H]c1c([2H])c(-n2nc(C(N)=O)c3c2C(=O)N(c2ccc(N4C(=O)CC([2H])([2H])C([2H])([2H])C4([2H])[2H])cc2)C([2H])([2H])C3([2H])[2H])c([2H])c([2H])c1OC([2H])([2H])[2H]. The van der Waals surface area contributed by atoms with Gasteiger partial charge in [0.1, 0.15) is 11.4 Å². The minimum Gasteiger partial charge on any atom is -0.497 e. The molecule has 2 aliphatic rings. The fourth-order valence-electron chi connectivity index (χ4n) is 3.29. The van der Waals surface area contributed by atoms with Gasteiger partial charge in [0.15, 0.2) is 5.69 Å². The van der Waals surface area contributed by atoms with Crippen LogP contribution < -0.4 is 20.3 Å². The zero-order chi connectivity index (χ0) is 38.8. The van der Waals surface area contributed by atoms with E-state index in [4.69, 9.17) is 29.0 Å². The fourth-order valence-corrected chi connectivity index (χ4v) is 3.29. The first-order chi connectivity index (χ1) is 23.0. The molecule has 2 N–H and O–H groups in total. The van der Waals surface area contributed by atoms with Crippen LogP contribution in [-0.2, 0) is 11.2 Å². The number of carbonyl (C=O) groups excluding carboxylic acids is 3. The number of piperidine rings is 1. The Morgan fingerprint density at radius 3 is 2.44 bits per heavy atom. The van der Waals surface area contributed by atoms with Crippen LogP contribution >= 0.6 is 0 Å². The maximum Gasteiger partial charge on any atom is 0.277 e. The standard InChI is InChI=1S/C25H25N5O4/c1-34-19-11-9-18(10-12-19)30-23-20(22(27-30)24(26)32)13-15-29(25(23)33)17-7-5-16(6-8-17)28-14-3-2-4-21(28)31/h5-12H,2-4,13-15H2,1H3,(H2,26,32)/i1D3,2D2,3D2,9D,10D,11D,12D,13D2,14D2,15D2. The van der Waals surface area contributed by atoms with Crippen molar-refractivity contribution in [3.63, 3.8) is 0 Å². The fraction of sp³-hybridized carbons (Fsp3) is 0.280. The second-order valence-corrected chi connectivity index (χ2v) is 6.84. The summed E-state index contributed by atoms with van der Waals surface area (Å²) in [5, 5.41) is 3.81. The number of benzene rings is 2. The third-order valence-corrected chi connectivity index (χ3v) is 4.83. The Balaban J connectivity index is 1.71. The molecule has 9 nitrogen and oxygen atoms in total. The van der Waals surface area contributed by atoms with Gasteiger partial charge in [-0.1, -0.05) is 0 Å². The van der Waals surface area contributed by atoms with E-state index in [0.717, 1.165) is 24.3 Å². The number of aromatic nitrogens is 2. The molecule has 34 heavy (non-hydrogen) atoms. The van der Waals surface area contributed by atoms with Gasteiger partial charge in [0.2, 0.25) is 5.91 Å². The average Bonchev–Trinajstić information content (AvgIpc) is 3.39. The largest absolute Gasteiger partial charge is 0.497 e. The molecule has 174 valence electrons. The minimum absolute atomic E-state index is 0.245. The highest BCUT2D eigenvalue weighted by Crippen LogP contribution is 2.31. The number of amides is 3. The molecule has 0 saturated carbocycles. The normalized spacial score (nSPS) is 31.0. The van der Waals surface area contributed by atoms with Gasteiger partial charge < -0.3 is 20.3 Å². The summed E-state index contributed by atoms with van der Waals surface area (Å²) >= 11 is 0. The van der Waals surface area contributed by atoms with E-state index in [2.05, 4.69) is 9.84 Å². The van der Waals surface area contributed by atoms with Crippen LogP contribution in [0.3, 0.4) is 0 Å². The summed E-state index contributed by atoms with van der Waals surface area (Å²) in [7, 11) is -3.22. The van der Waals surface area contributed by atoms with Gasteiger partial charge in [-0.25, -0.2) is 4.68 Å². The van der Waals surface area contributed by atoms with Gasteiger partial charge in [0.25, 0.3) is 11.8 Å². The number of methoxy groups -OCH3 is 1. The number of nitrogens with zero attached hydrogens (tertiary/aromatic N) is 4. The number of anilines is 2. The molecule has 1 fully saturated rings. The van der Waals surface area contributed by atoms with Crippen LogP contribution in [0.25, 0.3) is 5.69 Å². The predicted octanol–water partition coefficient (Wildman–Crippen LogP) is 2.70. The second kappa shape index (κ2) is 8.66. The molecule has 0 spiro atoms. The van der Waals surface area contributed by atoms with Crippen LogP contribution in [0, 0.1) is 0 Å². The maximum absolute atomic E-state index is 14.3. The maximum atomic E-state index is 14.3. The van der Waals surface area contributed by atoms with Gasteiger partial charge in [-0.15, -0.1) is 0 Å². The lowest BCUT2D eigenvalue weighted by atomic mass is 10.0. The molecule has 1 saturated heterocycles. The van der Waals surface area contributed by atoms with E-state index in [0.29, 0.717) is 9.58 Å². The molecule has 9 heteroatoms. The lowest BCUT2D eigenvalue weighted by Gasteiger charge is -2.29. The van der Waals surface area contributed by atoms with Crippen molar-refractivity contribution in [1.29, 1.82) is 0 Å². The number of primary amides is 1. The van der Waals surface area contributed by atoms with E-state index < -0.39 is 122 Å². The highest BCUT2D eigenvalue weighted by Gasteiger charge is 2.34. The molecule has 1 aromatic heterocycles. The first kappa shape index (κ1) is 9.61. The Bertz CT molecular complexity index is 1980. The summed E-state index contributed by atoms with van der Waals surface area (Å²) in [4.78, 5) is 40.3. The third kappa shape index (κ3) is 3.68. The molecule has 0 bridgehead atoms. The van der Waals surface area contributed by atoms with E-state index in [1.54, 1.807) is 0 Å². The van der Waals surface area contributed by atoms with Crippen LogP contribution in [0.2, 0.25) is 0 Å². The summed E-state index contributed by atoms with van der Waals surface area (Å²) in [6.07, 6.45) is -10.5. The van der Waals surface area contributed by atoms with Crippen LogP contribution in [-0.4, -0.2) is 47.5 Å². The molecule has 3 heterocycles.